The molecular formula is C25H24N6O. The molecule has 1 saturated carbocycles. The summed E-state index contributed by atoms with van der Waals surface area (Å²) in [4.78, 5) is 18.1. The smallest absolute Gasteiger partial charge is 0.223 e. The second kappa shape index (κ2) is 8.26. The summed E-state index contributed by atoms with van der Waals surface area (Å²) < 4.78 is 0. The van der Waals surface area contributed by atoms with E-state index in [9.17, 15) is 4.79 Å². The summed E-state index contributed by atoms with van der Waals surface area (Å²) in [6, 6.07) is 18.8. The first-order valence-electron chi connectivity index (χ1n) is 10.8. The van der Waals surface area contributed by atoms with Crippen molar-refractivity contribution in [3.05, 3.63) is 83.6 Å². The number of amides is 1. The van der Waals surface area contributed by atoms with Crippen molar-refractivity contribution in [2.45, 2.75) is 25.8 Å². The van der Waals surface area contributed by atoms with E-state index >= 15 is 0 Å². The molecule has 4 N–H and O–H groups in total. The van der Waals surface area contributed by atoms with E-state index in [0.29, 0.717) is 29.2 Å². The summed E-state index contributed by atoms with van der Waals surface area (Å²) in [5.41, 5.74) is 3.79. The molecule has 7 heteroatoms. The molecule has 5 rings (SSSR count). The van der Waals surface area contributed by atoms with Gasteiger partial charge in [0.25, 0.3) is 0 Å². The van der Waals surface area contributed by atoms with Crippen molar-refractivity contribution in [2.75, 3.05) is 10.2 Å². The summed E-state index contributed by atoms with van der Waals surface area (Å²) in [6.45, 7) is 0.479. The summed E-state index contributed by atoms with van der Waals surface area (Å²) in [6.07, 6.45) is 4.80. The molecule has 3 aromatic rings. The first kappa shape index (κ1) is 19.9. The van der Waals surface area contributed by atoms with Crippen LogP contribution in [0.25, 0.3) is 0 Å². The minimum atomic E-state index is 0.126. The predicted octanol–water partition coefficient (Wildman–Crippen LogP) is 4.41. The third kappa shape index (κ3) is 3.62. The molecule has 0 atom stereocenters. The van der Waals surface area contributed by atoms with Crippen LogP contribution in [0, 0.1) is 16.7 Å². The van der Waals surface area contributed by atoms with E-state index in [2.05, 4.69) is 15.6 Å². The minimum absolute atomic E-state index is 0.126. The van der Waals surface area contributed by atoms with Crippen LogP contribution in [0.4, 0.5) is 17.2 Å². The molecule has 0 bridgehead atoms. The van der Waals surface area contributed by atoms with E-state index in [1.165, 1.54) is 0 Å². The number of para-hydroxylation sites is 1. The van der Waals surface area contributed by atoms with Gasteiger partial charge in [-0.1, -0.05) is 42.8 Å². The van der Waals surface area contributed by atoms with Gasteiger partial charge in [0.15, 0.2) is 5.82 Å². The maximum absolute atomic E-state index is 12.1. The molecule has 1 amide bonds. The predicted molar refractivity (Wildman–Crippen MR) is 126 cm³/mol. The Morgan fingerprint density at radius 3 is 2.62 bits per heavy atom. The molecule has 1 aliphatic carbocycles. The number of amidine groups is 2. The average Bonchev–Trinajstić information content (AvgIpc) is 2.90. The van der Waals surface area contributed by atoms with Crippen LogP contribution >= 0.6 is 0 Å². The van der Waals surface area contributed by atoms with Gasteiger partial charge in [0.2, 0.25) is 5.91 Å². The van der Waals surface area contributed by atoms with Crippen LogP contribution in [0.1, 0.15) is 36.0 Å². The van der Waals surface area contributed by atoms with E-state index < -0.39 is 0 Å². The highest BCUT2D eigenvalue weighted by Crippen LogP contribution is 2.34. The Morgan fingerprint density at radius 1 is 1.09 bits per heavy atom. The van der Waals surface area contributed by atoms with Crippen LogP contribution in [0.2, 0.25) is 0 Å². The first-order valence-corrected chi connectivity index (χ1v) is 10.8. The molecule has 1 fully saturated rings. The number of hydrogen-bond acceptors (Lipinski definition) is 5. The molecule has 0 unspecified atom stereocenters. The van der Waals surface area contributed by atoms with Gasteiger partial charge in [0, 0.05) is 29.8 Å². The highest BCUT2D eigenvalue weighted by molar-refractivity contribution is 6.30. The fourth-order valence-corrected chi connectivity index (χ4v) is 3.99. The van der Waals surface area contributed by atoms with Gasteiger partial charge in [-0.25, -0.2) is 4.98 Å². The van der Waals surface area contributed by atoms with E-state index in [-0.39, 0.29) is 23.5 Å². The molecule has 0 saturated heterocycles. The Kier molecular flexibility index (Phi) is 5.15. The minimum Gasteiger partial charge on any atom is -0.352 e. The fraction of sp³-hybridized carbons (Fsp3) is 0.200. The molecule has 1 aliphatic heterocycles. The zero-order chi connectivity index (χ0) is 22.1. The van der Waals surface area contributed by atoms with Gasteiger partial charge in [0.1, 0.15) is 11.7 Å². The van der Waals surface area contributed by atoms with E-state index in [1.54, 1.807) is 17.2 Å². The maximum atomic E-state index is 12.1. The van der Waals surface area contributed by atoms with Crippen molar-refractivity contribution >= 4 is 34.8 Å². The number of fused-ring (bicyclic) bond motifs is 2. The Morgan fingerprint density at radius 2 is 1.88 bits per heavy atom. The molecular weight excluding hydrogens is 400 g/mol. The third-order valence-electron chi connectivity index (χ3n) is 6.08. The van der Waals surface area contributed by atoms with E-state index in [4.69, 9.17) is 10.8 Å². The van der Waals surface area contributed by atoms with Gasteiger partial charge in [-0.3, -0.25) is 20.5 Å². The lowest BCUT2D eigenvalue weighted by Gasteiger charge is -2.25. The number of nitrogens with one attached hydrogen (secondary N) is 4. The average molecular weight is 425 g/mol. The quantitative estimate of drug-likeness (QED) is 0.368. The topological polar surface area (TPSA) is 105 Å². The van der Waals surface area contributed by atoms with Crippen molar-refractivity contribution in [2.24, 2.45) is 5.92 Å². The molecule has 2 aromatic carbocycles. The van der Waals surface area contributed by atoms with Gasteiger partial charge < -0.3 is 10.6 Å². The highest BCUT2D eigenvalue weighted by Gasteiger charge is 2.28. The number of carbonyl (C=O) groups excluding carboxylic acids is 1. The molecule has 160 valence electrons. The molecule has 2 aliphatic rings. The van der Waals surface area contributed by atoms with Crippen molar-refractivity contribution < 1.29 is 4.79 Å². The Labute approximate surface area is 186 Å². The summed E-state index contributed by atoms with van der Waals surface area (Å²) in [5, 5.41) is 24.1. The Balaban J connectivity index is 1.40. The standard InChI is InChI=1S/C25H24N6O/c26-22(17-12-10-16(11-13-17)15-29-25(32)18-5-3-6-18)31-21-9-4-14-28-24(21)30-20-8-2-1-7-19(20)23(31)27/h1-2,4,7-14,18,26-27H,3,5-6,15H2,(H,28,30)(H,29,32). The number of anilines is 3. The van der Waals surface area contributed by atoms with Crippen LogP contribution in [0.5, 0.6) is 0 Å². The van der Waals surface area contributed by atoms with E-state index in [1.807, 2.05) is 54.6 Å². The number of carbonyl (C=O) groups is 1. The molecule has 0 radical (unpaired) electrons. The number of aromatic nitrogens is 1. The van der Waals surface area contributed by atoms with Crippen molar-refractivity contribution in [1.29, 1.82) is 10.8 Å². The molecule has 32 heavy (non-hydrogen) atoms. The summed E-state index contributed by atoms with van der Waals surface area (Å²) in [7, 11) is 0. The zero-order valence-electron chi connectivity index (χ0n) is 17.6. The normalized spacial score (nSPS) is 15.0. The molecule has 1 aromatic heterocycles. The van der Waals surface area contributed by atoms with Crippen LogP contribution in [-0.2, 0) is 11.3 Å². The van der Waals surface area contributed by atoms with Crippen molar-refractivity contribution in [3.8, 4) is 0 Å². The van der Waals surface area contributed by atoms with Crippen LogP contribution in [-0.4, -0.2) is 22.6 Å². The van der Waals surface area contributed by atoms with Crippen LogP contribution in [0.15, 0.2) is 66.9 Å². The van der Waals surface area contributed by atoms with Gasteiger partial charge in [0.05, 0.1) is 11.4 Å². The third-order valence-corrected chi connectivity index (χ3v) is 6.08. The van der Waals surface area contributed by atoms with Gasteiger partial charge in [-0.15, -0.1) is 0 Å². The van der Waals surface area contributed by atoms with Crippen molar-refractivity contribution in [1.82, 2.24) is 10.3 Å². The second-order valence-corrected chi connectivity index (χ2v) is 8.12. The number of rotatable bonds is 4. The number of benzene rings is 2. The van der Waals surface area contributed by atoms with Gasteiger partial charge in [-0.05, 0) is 42.7 Å². The molecule has 0 spiro atoms. The number of hydrogen-bond donors (Lipinski definition) is 4. The van der Waals surface area contributed by atoms with Crippen LogP contribution in [0.3, 0.4) is 0 Å². The lowest BCUT2D eigenvalue weighted by Crippen LogP contribution is -2.37. The lowest BCUT2D eigenvalue weighted by molar-refractivity contribution is -0.127. The lowest BCUT2D eigenvalue weighted by atomic mass is 9.85. The second-order valence-electron chi connectivity index (χ2n) is 8.12. The van der Waals surface area contributed by atoms with Crippen molar-refractivity contribution in [3.63, 3.8) is 0 Å². The van der Waals surface area contributed by atoms with Gasteiger partial charge >= 0.3 is 0 Å². The Hall–Kier alpha value is -4.00. The SMILES string of the molecule is N=C(c1ccc(CNC(=O)C2CCC2)cc1)N1C(=N)c2ccccc2Nc2ncccc21. The first-order chi connectivity index (χ1) is 15.6. The number of nitrogens with zero attached hydrogens (tertiary/aromatic N) is 2. The molecule has 7 nitrogen and oxygen atoms in total. The fourth-order valence-electron chi connectivity index (χ4n) is 3.99. The zero-order valence-corrected chi connectivity index (χ0v) is 17.6. The summed E-state index contributed by atoms with van der Waals surface area (Å²) in [5.74, 6) is 1.29. The Bertz CT molecular complexity index is 1200. The number of pyridine rings is 1. The van der Waals surface area contributed by atoms with Gasteiger partial charge in [-0.2, -0.15) is 0 Å². The van der Waals surface area contributed by atoms with Crippen LogP contribution < -0.4 is 15.5 Å². The molecule has 2 heterocycles. The largest absolute Gasteiger partial charge is 0.352 e. The maximum Gasteiger partial charge on any atom is 0.223 e. The highest BCUT2D eigenvalue weighted by atomic mass is 16.1. The summed E-state index contributed by atoms with van der Waals surface area (Å²) >= 11 is 0. The monoisotopic (exact) mass is 424 g/mol. The van der Waals surface area contributed by atoms with E-state index in [0.717, 1.165) is 30.5 Å².